The molecule has 0 radical (unpaired) electrons. The number of fused-ring (bicyclic) bond motifs is 1. The van der Waals surface area contributed by atoms with Gasteiger partial charge in [-0.1, -0.05) is 48.5 Å². The molecule has 4 aromatic rings. The average Bonchev–Trinajstić information content (AvgIpc) is 2.87. The van der Waals surface area contributed by atoms with E-state index >= 15 is 0 Å². The summed E-state index contributed by atoms with van der Waals surface area (Å²) in [6, 6.07) is 23.9. The zero-order valence-electron chi connectivity index (χ0n) is 19.4. The van der Waals surface area contributed by atoms with E-state index in [2.05, 4.69) is 46.4 Å². The molecule has 0 amide bonds. The fourth-order valence-corrected chi connectivity index (χ4v) is 3.41. The highest BCUT2D eigenvalue weighted by Crippen LogP contribution is 2.31. The highest BCUT2D eigenvalue weighted by Gasteiger charge is 2.13. The number of carbonyl (C=O) groups is 1. The number of hydrogen-bond acceptors (Lipinski definition) is 6. The number of anilines is 1. The van der Waals surface area contributed by atoms with Crippen LogP contribution >= 0.6 is 0 Å². The average molecular weight is 445 g/mol. The zero-order valence-corrected chi connectivity index (χ0v) is 19.4. The molecule has 3 aromatic carbocycles. The number of aromatic nitrogens is 1. The van der Waals surface area contributed by atoms with Crippen molar-refractivity contribution in [2.24, 2.45) is 5.73 Å². The van der Waals surface area contributed by atoms with E-state index in [1.807, 2.05) is 37.4 Å². The molecule has 0 saturated heterocycles. The number of carbonyl (C=O) groups excluding carboxylic acids is 1. The Bertz CT molecular complexity index is 1150. The molecular weight excluding hydrogens is 412 g/mol. The van der Waals surface area contributed by atoms with Gasteiger partial charge in [-0.2, -0.15) is 0 Å². The van der Waals surface area contributed by atoms with Crippen LogP contribution in [0.3, 0.4) is 0 Å². The van der Waals surface area contributed by atoms with Crippen LogP contribution in [0.25, 0.3) is 10.8 Å². The maximum absolute atomic E-state index is 11.2. The second-order valence-electron chi connectivity index (χ2n) is 7.08. The number of nitrogens with zero attached hydrogens (tertiary/aromatic N) is 1. The molecule has 4 rings (SSSR count). The van der Waals surface area contributed by atoms with E-state index in [0.29, 0.717) is 23.4 Å². The minimum Gasteiger partial charge on any atom is -0.496 e. The standard InChI is InChI=1S/C19H17NO2.C7H10N2.CH5N/c1-22-19-16(12-21)8-9-18(20)17(19)11-13-6-7-14-4-2-3-5-15(14)10-13;1-8-6-7-4-2-3-5-9-7;1-2/h2-10,12H,11,20H2,1H3;2-5,8H,6H2,1H3;2H2,1H3. The van der Waals surface area contributed by atoms with Crippen molar-refractivity contribution in [3.05, 3.63) is 101 Å². The van der Waals surface area contributed by atoms with Gasteiger partial charge in [0.25, 0.3) is 0 Å². The van der Waals surface area contributed by atoms with E-state index in [1.54, 1.807) is 25.4 Å². The van der Waals surface area contributed by atoms with Gasteiger partial charge in [0.2, 0.25) is 0 Å². The van der Waals surface area contributed by atoms with Crippen molar-refractivity contribution in [2.75, 3.05) is 26.9 Å². The number of pyridine rings is 1. The molecular formula is C27H32N4O2. The van der Waals surface area contributed by atoms with Crippen LogP contribution in [0.5, 0.6) is 5.75 Å². The monoisotopic (exact) mass is 444 g/mol. The van der Waals surface area contributed by atoms with Crippen LogP contribution in [-0.4, -0.2) is 32.5 Å². The first-order chi connectivity index (χ1) is 16.2. The van der Waals surface area contributed by atoms with Gasteiger partial charge in [0.1, 0.15) is 5.75 Å². The normalized spacial score (nSPS) is 9.82. The van der Waals surface area contributed by atoms with Crippen molar-refractivity contribution in [2.45, 2.75) is 13.0 Å². The number of aldehydes is 1. The number of ether oxygens (including phenoxy) is 1. The molecule has 0 bridgehead atoms. The molecule has 0 unspecified atom stereocenters. The molecule has 0 aliphatic carbocycles. The topological polar surface area (TPSA) is 103 Å². The van der Waals surface area contributed by atoms with Crippen molar-refractivity contribution >= 4 is 22.7 Å². The minimum atomic E-state index is 0.521. The molecule has 6 heteroatoms. The van der Waals surface area contributed by atoms with E-state index in [9.17, 15) is 4.79 Å². The van der Waals surface area contributed by atoms with E-state index in [4.69, 9.17) is 10.5 Å². The lowest BCUT2D eigenvalue weighted by molar-refractivity contribution is 0.112. The lowest BCUT2D eigenvalue weighted by Gasteiger charge is -2.14. The number of benzene rings is 3. The highest BCUT2D eigenvalue weighted by molar-refractivity contribution is 5.84. The molecule has 0 saturated carbocycles. The summed E-state index contributed by atoms with van der Waals surface area (Å²) in [7, 11) is 4.97. The van der Waals surface area contributed by atoms with Gasteiger partial charge >= 0.3 is 0 Å². The quantitative estimate of drug-likeness (QED) is 0.304. The van der Waals surface area contributed by atoms with Crippen LogP contribution in [0.1, 0.15) is 27.2 Å². The van der Waals surface area contributed by atoms with Gasteiger partial charge < -0.3 is 21.5 Å². The van der Waals surface area contributed by atoms with Crippen molar-refractivity contribution < 1.29 is 9.53 Å². The Balaban J connectivity index is 0.000000293. The summed E-state index contributed by atoms with van der Waals surface area (Å²) in [6.45, 7) is 0.848. The molecule has 0 aliphatic rings. The summed E-state index contributed by atoms with van der Waals surface area (Å²) in [4.78, 5) is 15.3. The fraction of sp³-hybridized carbons (Fsp3) is 0.185. The molecule has 172 valence electrons. The Morgan fingerprint density at radius 2 is 1.70 bits per heavy atom. The van der Waals surface area contributed by atoms with Crippen LogP contribution in [0.15, 0.2) is 79.0 Å². The number of rotatable bonds is 6. The van der Waals surface area contributed by atoms with Crippen LogP contribution < -0.4 is 21.5 Å². The molecule has 0 spiro atoms. The summed E-state index contributed by atoms with van der Waals surface area (Å²) in [5.41, 5.74) is 14.8. The van der Waals surface area contributed by atoms with Gasteiger partial charge in [-0.3, -0.25) is 9.78 Å². The van der Waals surface area contributed by atoms with Gasteiger partial charge in [0, 0.05) is 30.4 Å². The third-order valence-corrected chi connectivity index (χ3v) is 4.94. The third-order valence-electron chi connectivity index (χ3n) is 4.94. The Morgan fingerprint density at radius 1 is 0.970 bits per heavy atom. The third kappa shape index (κ3) is 7.14. The Labute approximate surface area is 195 Å². The molecule has 1 aromatic heterocycles. The number of methoxy groups -OCH3 is 1. The number of nitrogens with two attached hydrogens (primary N) is 2. The molecule has 0 atom stereocenters. The van der Waals surface area contributed by atoms with Crippen molar-refractivity contribution in [3.63, 3.8) is 0 Å². The number of nitrogen functional groups attached to an aromatic ring is 1. The Kier molecular flexibility index (Phi) is 10.5. The Hall–Kier alpha value is -3.74. The van der Waals surface area contributed by atoms with Crippen molar-refractivity contribution in [3.8, 4) is 5.75 Å². The van der Waals surface area contributed by atoms with E-state index < -0.39 is 0 Å². The van der Waals surface area contributed by atoms with Crippen LogP contribution in [0.4, 0.5) is 5.69 Å². The van der Waals surface area contributed by atoms with Crippen LogP contribution in [0, 0.1) is 0 Å². The maximum Gasteiger partial charge on any atom is 0.153 e. The summed E-state index contributed by atoms with van der Waals surface area (Å²) in [5.74, 6) is 0.558. The summed E-state index contributed by atoms with van der Waals surface area (Å²) < 4.78 is 5.40. The minimum absolute atomic E-state index is 0.521. The van der Waals surface area contributed by atoms with E-state index in [1.165, 1.54) is 17.8 Å². The summed E-state index contributed by atoms with van der Waals surface area (Å²) in [6.07, 6.45) is 3.22. The fourth-order valence-electron chi connectivity index (χ4n) is 3.41. The van der Waals surface area contributed by atoms with Crippen LogP contribution in [-0.2, 0) is 13.0 Å². The van der Waals surface area contributed by atoms with Gasteiger partial charge in [0.15, 0.2) is 6.29 Å². The van der Waals surface area contributed by atoms with Crippen molar-refractivity contribution in [1.82, 2.24) is 10.3 Å². The largest absolute Gasteiger partial charge is 0.496 e. The van der Waals surface area contributed by atoms with Crippen LogP contribution in [0.2, 0.25) is 0 Å². The SMILES string of the molecule is CN.CNCc1ccccn1.COc1c(C=O)ccc(N)c1Cc1ccc2ccccc2c1. The van der Waals surface area contributed by atoms with Crippen molar-refractivity contribution in [1.29, 1.82) is 0 Å². The van der Waals surface area contributed by atoms with E-state index in [-0.39, 0.29) is 0 Å². The molecule has 0 aliphatic heterocycles. The second-order valence-corrected chi connectivity index (χ2v) is 7.08. The first-order valence-electron chi connectivity index (χ1n) is 10.7. The molecule has 1 heterocycles. The first kappa shape index (κ1) is 25.5. The maximum atomic E-state index is 11.2. The first-order valence-corrected chi connectivity index (χ1v) is 10.7. The number of hydrogen-bond donors (Lipinski definition) is 3. The van der Waals surface area contributed by atoms with Gasteiger partial charge in [-0.25, -0.2) is 0 Å². The Morgan fingerprint density at radius 3 is 2.33 bits per heavy atom. The molecule has 0 fully saturated rings. The predicted octanol–water partition coefficient (Wildman–Crippen LogP) is 4.21. The molecule has 6 nitrogen and oxygen atoms in total. The van der Waals surface area contributed by atoms with E-state index in [0.717, 1.165) is 29.7 Å². The van der Waals surface area contributed by atoms with Gasteiger partial charge in [-0.15, -0.1) is 0 Å². The smallest absolute Gasteiger partial charge is 0.153 e. The molecule has 5 N–H and O–H groups in total. The summed E-state index contributed by atoms with van der Waals surface area (Å²) >= 11 is 0. The molecule has 33 heavy (non-hydrogen) atoms. The van der Waals surface area contributed by atoms with Gasteiger partial charge in [-0.05, 0) is 54.7 Å². The summed E-state index contributed by atoms with van der Waals surface area (Å²) in [5, 5.41) is 5.41. The highest BCUT2D eigenvalue weighted by atomic mass is 16.5. The number of nitrogens with one attached hydrogen (secondary N) is 1. The van der Waals surface area contributed by atoms with Gasteiger partial charge in [0.05, 0.1) is 18.4 Å². The predicted molar refractivity (Wildman–Crippen MR) is 137 cm³/mol. The zero-order chi connectivity index (χ0) is 24.1. The lowest BCUT2D eigenvalue weighted by atomic mass is 9.98. The lowest BCUT2D eigenvalue weighted by Crippen LogP contribution is -2.05. The second kappa shape index (κ2) is 13.6.